The largest absolute Gasteiger partial charge is 0.393 e. The maximum atomic E-state index is 6.21. The highest BCUT2D eigenvalue weighted by atomic mass is 16.6. The van der Waals surface area contributed by atoms with Crippen molar-refractivity contribution < 1.29 is 4.84 Å². The van der Waals surface area contributed by atoms with Gasteiger partial charge in [-0.3, -0.25) is 0 Å². The Labute approximate surface area is 288 Å². The highest BCUT2D eigenvalue weighted by Gasteiger charge is 2.14. The van der Waals surface area contributed by atoms with Crippen molar-refractivity contribution in [1.82, 2.24) is 4.90 Å². The van der Waals surface area contributed by atoms with Crippen molar-refractivity contribution in [3.8, 4) is 0 Å². The lowest BCUT2D eigenvalue weighted by Crippen LogP contribution is -2.30. The van der Waals surface area contributed by atoms with E-state index in [-0.39, 0.29) is 0 Å². The summed E-state index contributed by atoms with van der Waals surface area (Å²) in [5.74, 6) is 0. The Morgan fingerprint density at radius 2 is 0.891 bits per heavy atom. The molecule has 266 valence electrons. The van der Waals surface area contributed by atoms with E-state index in [9.17, 15) is 0 Å². The highest BCUT2D eigenvalue weighted by Crippen LogP contribution is 2.18. The van der Waals surface area contributed by atoms with Crippen LogP contribution in [0.15, 0.2) is 53.8 Å². The fourth-order valence-corrected chi connectivity index (χ4v) is 6.09. The van der Waals surface area contributed by atoms with Crippen molar-refractivity contribution in [2.24, 2.45) is 5.16 Å². The van der Waals surface area contributed by atoms with Crippen LogP contribution in [0, 0.1) is 0 Å². The quantitative estimate of drug-likeness (QED) is 0.0416. The lowest BCUT2D eigenvalue weighted by Gasteiger charge is -2.23. The van der Waals surface area contributed by atoms with E-state index in [4.69, 9.17) is 4.84 Å². The Balaban J connectivity index is 2.12. The second kappa shape index (κ2) is 34.7. The summed E-state index contributed by atoms with van der Waals surface area (Å²) in [4.78, 5) is 8.60. The number of rotatable bonds is 32. The number of unbranched alkanes of at least 4 members (excludes halogenated alkanes) is 18. The third-order valence-electron chi connectivity index (χ3n) is 9.35. The van der Waals surface area contributed by atoms with Crippen molar-refractivity contribution >= 4 is 5.71 Å². The summed E-state index contributed by atoms with van der Waals surface area (Å²) in [5, 5.41) is 4.67. The van der Waals surface area contributed by atoms with Crippen LogP contribution in [0.3, 0.4) is 0 Å². The first-order valence-corrected chi connectivity index (χ1v) is 20.3. The maximum absolute atomic E-state index is 6.21. The van der Waals surface area contributed by atoms with Crippen molar-refractivity contribution in [2.75, 3.05) is 20.1 Å². The molecule has 0 bridgehead atoms. The second-order valence-corrected chi connectivity index (χ2v) is 13.9. The van der Waals surface area contributed by atoms with Gasteiger partial charge in [0.25, 0.3) is 0 Å². The van der Waals surface area contributed by atoms with Crippen molar-refractivity contribution in [1.29, 1.82) is 0 Å². The molecule has 0 N–H and O–H groups in total. The first kappa shape index (κ1) is 42.4. The Morgan fingerprint density at radius 1 is 0.522 bits per heavy atom. The number of allylic oxidation sites excluding steroid dienone is 8. The molecule has 1 heterocycles. The van der Waals surface area contributed by atoms with E-state index in [2.05, 4.69) is 79.6 Å². The number of hydrogen-bond acceptors (Lipinski definition) is 3. The predicted octanol–water partition coefficient (Wildman–Crippen LogP) is 13.9. The van der Waals surface area contributed by atoms with E-state index < -0.39 is 0 Å². The molecule has 0 unspecified atom stereocenters. The number of hydrogen-bond donors (Lipinski definition) is 0. The molecule has 46 heavy (non-hydrogen) atoms. The normalized spacial score (nSPS) is 14.7. The second-order valence-electron chi connectivity index (χ2n) is 13.9. The van der Waals surface area contributed by atoms with Crippen LogP contribution in [0.1, 0.15) is 194 Å². The molecule has 1 saturated heterocycles. The maximum Gasteiger partial charge on any atom is 0.127 e. The molecule has 3 nitrogen and oxygen atoms in total. The minimum absolute atomic E-state index is 0.309. The molecule has 1 aliphatic rings. The molecule has 1 aliphatic heterocycles. The van der Waals surface area contributed by atoms with E-state index in [1.165, 1.54) is 160 Å². The smallest absolute Gasteiger partial charge is 0.127 e. The fourth-order valence-electron chi connectivity index (χ4n) is 6.09. The first-order chi connectivity index (χ1) is 22.8. The molecule has 3 heteroatoms. The molecule has 0 aromatic heterocycles. The van der Waals surface area contributed by atoms with Gasteiger partial charge in [-0.05, 0) is 96.9 Å². The van der Waals surface area contributed by atoms with Gasteiger partial charge in [-0.2, -0.15) is 0 Å². The average Bonchev–Trinajstić information content (AvgIpc) is 3.07. The summed E-state index contributed by atoms with van der Waals surface area (Å²) < 4.78 is 0. The van der Waals surface area contributed by atoms with Crippen LogP contribution >= 0.6 is 0 Å². The zero-order valence-corrected chi connectivity index (χ0v) is 31.2. The molecule has 0 aromatic rings. The standard InChI is InChI=1S/C43H78N2O/c1-4-6-8-10-12-14-16-18-20-22-24-26-28-30-32-34-36-43(46-44-42-38-40-45(3)41-39-42)37-35-33-31-29-27-25-23-21-19-17-15-13-11-9-7-5-2/h12-15,18-21,43H,4-11,16-17,22-41H2,1-3H3/b14-12-,15-13-,20-18-,21-19-. The first-order valence-electron chi connectivity index (χ1n) is 20.3. The lowest BCUT2D eigenvalue weighted by molar-refractivity contribution is 0.0416. The minimum Gasteiger partial charge on any atom is -0.393 e. The van der Waals surface area contributed by atoms with Gasteiger partial charge in [0.2, 0.25) is 0 Å². The highest BCUT2D eigenvalue weighted by molar-refractivity contribution is 5.84. The minimum atomic E-state index is 0.309. The van der Waals surface area contributed by atoms with Crippen molar-refractivity contribution in [3.05, 3.63) is 48.6 Å². The predicted molar refractivity (Wildman–Crippen MR) is 207 cm³/mol. The van der Waals surface area contributed by atoms with Crippen molar-refractivity contribution in [2.45, 2.75) is 200 Å². The molecule has 0 spiro atoms. The zero-order valence-electron chi connectivity index (χ0n) is 31.2. The molecule has 0 radical (unpaired) electrons. The molecular weight excluding hydrogens is 560 g/mol. The van der Waals surface area contributed by atoms with Crippen LogP contribution in [0.25, 0.3) is 0 Å². The topological polar surface area (TPSA) is 24.8 Å². The number of piperidine rings is 1. The molecule has 1 fully saturated rings. The van der Waals surface area contributed by atoms with Crippen LogP contribution in [0.2, 0.25) is 0 Å². The molecule has 0 aliphatic carbocycles. The summed E-state index contributed by atoms with van der Waals surface area (Å²) in [6.07, 6.45) is 55.0. The molecular formula is C43H78N2O. The van der Waals surface area contributed by atoms with Gasteiger partial charge in [0, 0.05) is 25.9 Å². The van der Waals surface area contributed by atoms with Gasteiger partial charge < -0.3 is 9.74 Å². The Morgan fingerprint density at radius 3 is 1.30 bits per heavy atom. The van der Waals surface area contributed by atoms with Crippen LogP contribution in [-0.2, 0) is 4.84 Å². The van der Waals surface area contributed by atoms with E-state index in [0.717, 1.165) is 38.8 Å². The van der Waals surface area contributed by atoms with E-state index in [1.807, 2.05) is 0 Å². The number of likely N-dealkylation sites (tertiary alicyclic amines) is 1. The van der Waals surface area contributed by atoms with Gasteiger partial charge in [0.1, 0.15) is 6.10 Å². The van der Waals surface area contributed by atoms with Crippen LogP contribution < -0.4 is 0 Å². The summed E-state index contributed by atoms with van der Waals surface area (Å²) in [5.41, 5.74) is 1.28. The average molecular weight is 639 g/mol. The monoisotopic (exact) mass is 639 g/mol. The lowest BCUT2D eigenvalue weighted by atomic mass is 10.0. The van der Waals surface area contributed by atoms with E-state index in [0.29, 0.717) is 6.10 Å². The third-order valence-corrected chi connectivity index (χ3v) is 9.35. The summed E-state index contributed by atoms with van der Waals surface area (Å²) in [6, 6.07) is 0. The van der Waals surface area contributed by atoms with Crippen LogP contribution in [-0.4, -0.2) is 36.9 Å². The summed E-state index contributed by atoms with van der Waals surface area (Å²) in [7, 11) is 2.21. The Bertz CT molecular complexity index is 722. The van der Waals surface area contributed by atoms with Crippen molar-refractivity contribution in [3.63, 3.8) is 0 Å². The molecule has 0 aromatic carbocycles. The van der Waals surface area contributed by atoms with Gasteiger partial charge in [-0.1, -0.05) is 145 Å². The summed E-state index contributed by atoms with van der Waals surface area (Å²) >= 11 is 0. The van der Waals surface area contributed by atoms with E-state index in [1.54, 1.807) is 0 Å². The zero-order chi connectivity index (χ0) is 33.0. The molecule has 0 saturated carbocycles. The van der Waals surface area contributed by atoms with Gasteiger partial charge in [0.15, 0.2) is 0 Å². The van der Waals surface area contributed by atoms with Gasteiger partial charge in [-0.15, -0.1) is 0 Å². The van der Waals surface area contributed by atoms with Gasteiger partial charge in [0.05, 0.1) is 5.71 Å². The SMILES string of the molecule is CCCCC/C=C\C/C=C\CCCCCCCCC(CCCCCCCC/C=C\C/C=C\CCCCC)ON=C1CCN(C)CC1. The van der Waals surface area contributed by atoms with E-state index >= 15 is 0 Å². The van der Waals surface area contributed by atoms with Crippen LogP contribution in [0.4, 0.5) is 0 Å². The molecule has 1 rings (SSSR count). The van der Waals surface area contributed by atoms with Gasteiger partial charge >= 0.3 is 0 Å². The molecule has 0 atom stereocenters. The number of nitrogens with zero attached hydrogens (tertiary/aromatic N) is 2. The fraction of sp³-hybridized carbons (Fsp3) is 0.791. The Kier molecular flexibility index (Phi) is 32.0. The summed E-state index contributed by atoms with van der Waals surface area (Å²) in [6.45, 7) is 6.77. The Hall–Kier alpha value is -1.61. The molecule has 0 amide bonds. The third kappa shape index (κ3) is 29.8. The van der Waals surface area contributed by atoms with Crippen LogP contribution in [0.5, 0.6) is 0 Å². The van der Waals surface area contributed by atoms with Gasteiger partial charge in [-0.25, -0.2) is 0 Å². The number of oxime groups is 1.